The zero-order valence-electron chi connectivity index (χ0n) is 5.60. The van der Waals surface area contributed by atoms with Crippen LogP contribution in [0.1, 0.15) is 11.4 Å². The quantitative estimate of drug-likeness (QED) is 0.560. The molecule has 0 amide bonds. The maximum absolute atomic E-state index is 12.5. The normalized spacial score (nSPS) is 9.27. The van der Waals surface area contributed by atoms with Gasteiger partial charge >= 0.3 is 0 Å². The van der Waals surface area contributed by atoms with Gasteiger partial charge in [0.05, 0.1) is 5.69 Å². The van der Waals surface area contributed by atoms with Crippen LogP contribution < -0.4 is 0 Å². The predicted molar refractivity (Wildman–Crippen MR) is 31.4 cm³/mol. The van der Waals surface area contributed by atoms with Gasteiger partial charge in [-0.3, -0.25) is 0 Å². The standard InChI is InChI=1S/C6H3F2N3/c1-3-5(7)11-4(2-9)6(8)10-3/h1H3. The minimum atomic E-state index is -1.04. The minimum absolute atomic E-state index is 0.151. The summed E-state index contributed by atoms with van der Waals surface area (Å²) in [7, 11) is 0. The summed E-state index contributed by atoms with van der Waals surface area (Å²) in [4.78, 5) is 6.14. The molecule has 0 unspecified atom stereocenters. The molecule has 0 radical (unpaired) electrons. The van der Waals surface area contributed by atoms with E-state index in [1.54, 1.807) is 0 Å². The van der Waals surface area contributed by atoms with Gasteiger partial charge in [0.15, 0.2) is 5.69 Å². The molecule has 0 aliphatic carbocycles. The summed E-state index contributed by atoms with van der Waals surface area (Å²) in [5, 5.41) is 8.17. The number of rotatable bonds is 0. The molecule has 0 bridgehead atoms. The maximum atomic E-state index is 12.5. The highest BCUT2D eigenvalue weighted by molar-refractivity contribution is 5.18. The maximum Gasteiger partial charge on any atom is 0.250 e. The lowest BCUT2D eigenvalue weighted by molar-refractivity contribution is 0.513. The molecule has 0 fully saturated rings. The van der Waals surface area contributed by atoms with Gasteiger partial charge < -0.3 is 0 Å². The number of nitrogens with zero attached hydrogens (tertiary/aromatic N) is 3. The van der Waals surface area contributed by atoms with Gasteiger partial charge in [0.2, 0.25) is 11.9 Å². The molecular weight excluding hydrogens is 152 g/mol. The second-order valence-electron chi connectivity index (χ2n) is 1.85. The Hall–Kier alpha value is -1.57. The molecule has 56 valence electrons. The Bertz CT molecular complexity index is 329. The Morgan fingerprint density at radius 1 is 1.27 bits per heavy atom. The van der Waals surface area contributed by atoms with Gasteiger partial charge in [0, 0.05) is 0 Å². The van der Waals surface area contributed by atoms with Crippen molar-refractivity contribution in [3.05, 3.63) is 23.3 Å². The molecule has 0 N–H and O–H groups in total. The fourth-order valence-electron chi connectivity index (χ4n) is 0.543. The smallest absolute Gasteiger partial charge is 0.218 e. The fraction of sp³-hybridized carbons (Fsp3) is 0.167. The molecule has 1 heterocycles. The van der Waals surface area contributed by atoms with Crippen LogP contribution in [0.25, 0.3) is 0 Å². The zero-order chi connectivity index (χ0) is 8.43. The summed E-state index contributed by atoms with van der Waals surface area (Å²) < 4.78 is 24.9. The average molecular weight is 155 g/mol. The first kappa shape index (κ1) is 7.54. The molecule has 3 nitrogen and oxygen atoms in total. The van der Waals surface area contributed by atoms with Crippen molar-refractivity contribution in [2.45, 2.75) is 6.92 Å². The van der Waals surface area contributed by atoms with Crippen molar-refractivity contribution in [1.82, 2.24) is 9.97 Å². The third-order valence-corrected chi connectivity index (χ3v) is 1.08. The van der Waals surface area contributed by atoms with E-state index in [2.05, 4.69) is 9.97 Å². The second-order valence-corrected chi connectivity index (χ2v) is 1.85. The van der Waals surface area contributed by atoms with E-state index in [1.807, 2.05) is 0 Å². The van der Waals surface area contributed by atoms with E-state index in [-0.39, 0.29) is 5.69 Å². The van der Waals surface area contributed by atoms with Crippen molar-refractivity contribution < 1.29 is 8.78 Å². The van der Waals surface area contributed by atoms with Gasteiger partial charge in [-0.1, -0.05) is 0 Å². The molecule has 0 saturated heterocycles. The lowest BCUT2D eigenvalue weighted by Crippen LogP contribution is -2.00. The van der Waals surface area contributed by atoms with Gasteiger partial charge in [-0.15, -0.1) is 0 Å². The first-order valence-electron chi connectivity index (χ1n) is 2.75. The second kappa shape index (κ2) is 2.58. The van der Waals surface area contributed by atoms with Crippen LogP contribution in [-0.2, 0) is 0 Å². The van der Waals surface area contributed by atoms with Gasteiger partial charge in [0.25, 0.3) is 0 Å². The first-order chi connectivity index (χ1) is 5.15. The molecule has 1 aromatic rings. The summed E-state index contributed by atoms with van der Waals surface area (Å²) in [6.45, 7) is 1.27. The third kappa shape index (κ3) is 1.29. The zero-order valence-corrected chi connectivity index (χ0v) is 5.60. The summed E-state index contributed by atoms with van der Waals surface area (Å²) >= 11 is 0. The molecule has 0 aromatic carbocycles. The van der Waals surface area contributed by atoms with E-state index in [4.69, 9.17) is 5.26 Å². The van der Waals surface area contributed by atoms with Crippen LogP contribution >= 0.6 is 0 Å². The van der Waals surface area contributed by atoms with Crippen molar-refractivity contribution in [2.75, 3.05) is 0 Å². The molecule has 5 heteroatoms. The van der Waals surface area contributed by atoms with E-state index in [1.165, 1.54) is 13.0 Å². The van der Waals surface area contributed by atoms with E-state index in [9.17, 15) is 8.78 Å². The largest absolute Gasteiger partial charge is 0.250 e. The predicted octanol–water partition coefficient (Wildman–Crippen LogP) is 0.935. The van der Waals surface area contributed by atoms with Crippen molar-refractivity contribution in [1.29, 1.82) is 5.26 Å². The average Bonchev–Trinajstić information content (AvgIpc) is 1.97. The lowest BCUT2D eigenvalue weighted by atomic mass is 10.4. The first-order valence-corrected chi connectivity index (χ1v) is 2.75. The third-order valence-electron chi connectivity index (χ3n) is 1.08. The number of hydrogen-bond acceptors (Lipinski definition) is 3. The van der Waals surface area contributed by atoms with Crippen LogP contribution in [0.15, 0.2) is 0 Å². The van der Waals surface area contributed by atoms with E-state index >= 15 is 0 Å². The molecular formula is C6H3F2N3. The van der Waals surface area contributed by atoms with Crippen molar-refractivity contribution >= 4 is 0 Å². The topological polar surface area (TPSA) is 49.6 Å². The highest BCUT2D eigenvalue weighted by Crippen LogP contribution is 2.03. The van der Waals surface area contributed by atoms with Crippen LogP contribution in [0.4, 0.5) is 8.78 Å². The molecule has 0 aliphatic rings. The van der Waals surface area contributed by atoms with Crippen LogP contribution in [0.2, 0.25) is 0 Å². The van der Waals surface area contributed by atoms with Crippen molar-refractivity contribution in [3.63, 3.8) is 0 Å². The summed E-state index contributed by atoms with van der Waals surface area (Å²) in [6, 6.07) is 1.37. The number of aryl methyl sites for hydroxylation is 1. The highest BCUT2D eigenvalue weighted by atomic mass is 19.1. The van der Waals surface area contributed by atoms with Crippen LogP contribution in [0.3, 0.4) is 0 Å². The molecule has 0 saturated carbocycles. The van der Waals surface area contributed by atoms with Gasteiger partial charge in [-0.25, -0.2) is 9.97 Å². The van der Waals surface area contributed by atoms with Gasteiger partial charge in [0.1, 0.15) is 6.07 Å². The molecule has 0 aliphatic heterocycles. The van der Waals surface area contributed by atoms with Crippen molar-refractivity contribution in [3.8, 4) is 6.07 Å². The van der Waals surface area contributed by atoms with Crippen LogP contribution in [0.5, 0.6) is 0 Å². The summed E-state index contributed by atoms with van der Waals surface area (Å²) in [5.41, 5.74) is -0.769. The Morgan fingerprint density at radius 3 is 2.45 bits per heavy atom. The fourth-order valence-corrected chi connectivity index (χ4v) is 0.543. The van der Waals surface area contributed by atoms with E-state index in [0.717, 1.165) is 0 Å². The van der Waals surface area contributed by atoms with E-state index in [0.29, 0.717) is 0 Å². The SMILES string of the molecule is Cc1nc(F)c(C#N)nc1F. The Balaban J connectivity index is 3.35. The Labute approximate surface area is 61.3 Å². The molecule has 1 rings (SSSR count). The van der Waals surface area contributed by atoms with Gasteiger partial charge in [-0.05, 0) is 6.92 Å². The Kier molecular flexibility index (Phi) is 1.77. The highest BCUT2D eigenvalue weighted by Gasteiger charge is 2.08. The van der Waals surface area contributed by atoms with Crippen LogP contribution in [-0.4, -0.2) is 9.97 Å². The van der Waals surface area contributed by atoms with Gasteiger partial charge in [-0.2, -0.15) is 14.0 Å². The lowest BCUT2D eigenvalue weighted by Gasteiger charge is -1.94. The van der Waals surface area contributed by atoms with Crippen LogP contribution in [0, 0.1) is 30.2 Å². The monoisotopic (exact) mass is 155 g/mol. The molecule has 0 spiro atoms. The number of aromatic nitrogens is 2. The Morgan fingerprint density at radius 2 is 1.91 bits per heavy atom. The summed E-state index contributed by atoms with van der Waals surface area (Å²) in [5.74, 6) is -1.95. The molecule has 0 atom stereocenters. The minimum Gasteiger partial charge on any atom is -0.218 e. The number of hydrogen-bond donors (Lipinski definition) is 0. The summed E-state index contributed by atoms with van der Waals surface area (Å²) in [6.07, 6.45) is 0. The molecule has 1 aromatic heterocycles. The number of nitriles is 1. The number of halogens is 2. The van der Waals surface area contributed by atoms with E-state index < -0.39 is 17.6 Å². The van der Waals surface area contributed by atoms with Crippen molar-refractivity contribution in [2.24, 2.45) is 0 Å². The molecule has 11 heavy (non-hydrogen) atoms.